The monoisotopic (exact) mass is 337 g/mol. The second-order valence-corrected chi connectivity index (χ2v) is 9.01. The number of ether oxygens (including phenoxy) is 1. The third kappa shape index (κ3) is 4.64. The van der Waals surface area contributed by atoms with Gasteiger partial charge in [-0.1, -0.05) is 18.6 Å². The van der Waals surface area contributed by atoms with E-state index < -0.39 is 11.0 Å². The molecule has 0 spiro atoms. The van der Waals surface area contributed by atoms with Gasteiger partial charge >= 0.3 is 5.97 Å². The van der Waals surface area contributed by atoms with E-state index in [4.69, 9.17) is 4.74 Å². The first kappa shape index (κ1) is 18.1. The Morgan fingerprint density at radius 2 is 1.91 bits per heavy atom. The highest BCUT2D eigenvalue weighted by Gasteiger charge is 2.32. The van der Waals surface area contributed by atoms with Gasteiger partial charge in [0.05, 0.1) is 27.9 Å². The highest BCUT2D eigenvalue weighted by Crippen LogP contribution is 2.38. The largest absolute Gasteiger partial charge is 0.462 e. The number of carbonyl (C=O) groups excluding carboxylic acids is 1. The predicted molar refractivity (Wildman–Crippen MR) is 93.5 cm³/mol. The third-order valence-electron chi connectivity index (χ3n) is 4.19. The van der Waals surface area contributed by atoms with Gasteiger partial charge in [-0.3, -0.25) is 0 Å². The molecule has 1 N–H and O–H groups in total. The Kier molecular flexibility index (Phi) is 5.98. The Hall–Kier alpha value is -1.20. The van der Waals surface area contributed by atoms with Crippen molar-refractivity contribution in [3.8, 4) is 0 Å². The maximum Gasteiger partial charge on any atom is 0.338 e. The lowest BCUT2D eigenvalue weighted by Gasteiger charge is -2.36. The number of nitrogens with one attached hydrogen (secondary N) is 1. The molecule has 0 aliphatic heterocycles. The van der Waals surface area contributed by atoms with Gasteiger partial charge in [-0.25, -0.2) is 13.7 Å². The van der Waals surface area contributed by atoms with E-state index in [1.165, 1.54) is 6.42 Å². The minimum atomic E-state index is -1.11. The molecule has 2 rings (SSSR count). The molecule has 0 bridgehead atoms. The van der Waals surface area contributed by atoms with Crippen molar-refractivity contribution >= 4 is 17.0 Å². The maximum atomic E-state index is 12.5. The average molecular weight is 337 g/mol. The van der Waals surface area contributed by atoms with E-state index >= 15 is 0 Å². The molecular weight excluding hydrogens is 310 g/mol. The normalized spacial score (nSPS) is 18.1. The van der Waals surface area contributed by atoms with Crippen LogP contribution in [0.1, 0.15) is 68.9 Å². The van der Waals surface area contributed by atoms with Gasteiger partial charge < -0.3 is 4.74 Å². The summed E-state index contributed by atoms with van der Waals surface area (Å²) in [4.78, 5) is 11.7. The summed E-state index contributed by atoms with van der Waals surface area (Å²) >= 11 is 0. The van der Waals surface area contributed by atoms with E-state index in [1.54, 1.807) is 19.1 Å². The van der Waals surface area contributed by atoms with Crippen molar-refractivity contribution in [2.24, 2.45) is 5.92 Å². The fourth-order valence-corrected chi connectivity index (χ4v) is 3.46. The molecule has 1 aliphatic rings. The molecule has 0 aromatic heterocycles. The van der Waals surface area contributed by atoms with E-state index in [9.17, 15) is 9.00 Å². The van der Waals surface area contributed by atoms with Crippen LogP contribution in [0.5, 0.6) is 0 Å². The van der Waals surface area contributed by atoms with Gasteiger partial charge in [-0.05, 0) is 64.2 Å². The highest BCUT2D eigenvalue weighted by molar-refractivity contribution is 7.84. The van der Waals surface area contributed by atoms with Crippen molar-refractivity contribution < 1.29 is 13.7 Å². The zero-order chi connectivity index (χ0) is 17.0. The summed E-state index contributed by atoms with van der Waals surface area (Å²) in [5.41, 5.74) is 1.64. The Labute approximate surface area is 141 Å². The van der Waals surface area contributed by atoms with Crippen LogP contribution in [-0.2, 0) is 15.7 Å². The Morgan fingerprint density at radius 1 is 1.30 bits per heavy atom. The van der Waals surface area contributed by atoms with Crippen molar-refractivity contribution in [2.75, 3.05) is 6.61 Å². The van der Waals surface area contributed by atoms with Crippen LogP contribution in [0.25, 0.3) is 0 Å². The summed E-state index contributed by atoms with van der Waals surface area (Å²) in [6.45, 7) is 8.08. The smallest absolute Gasteiger partial charge is 0.338 e. The zero-order valence-corrected chi connectivity index (χ0v) is 15.2. The fourth-order valence-electron chi connectivity index (χ4n) is 2.54. The molecule has 0 radical (unpaired) electrons. The Balaban J connectivity index is 2.16. The quantitative estimate of drug-likeness (QED) is 0.804. The lowest BCUT2D eigenvalue weighted by atomic mass is 9.77. The molecule has 0 heterocycles. The number of hydrogen-bond donors (Lipinski definition) is 1. The second kappa shape index (κ2) is 7.58. The summed E-state index contributed by atoms with van der Waals surface area (Å²) in [6, 6.07) is 7.55. The molecule has 128 valence electrons. The van der Waals surface area contributed by atoms with E-state index in [1.807, 2.05) is 32.9 Å². The van der Waals surface area contributed by atoms with E-state index in [-0.39, 0.29) is 16.8 Å². The Bertz CT molecular complexity index is 559. The second-order valence-electron chi connectivity index (χ2n) is 7.01. The van der Waals surface area contributed by atoms with E-state index in [0.717, 1.165) is 18.4 Å². The van der Waals surface area contributed by atoms with Crippen LogP contribution in [-0.4, -0.2) is 21.5 Å². The standard InChI is InChI=1S/C18H27NO3S/c1-5-22-17(20)15-11-9-14(10-12-15)16(13-7-6-8-13)19-23(21)18(2,3)4/h9-13,16,19H,5-8H2,1-4H3. The predicted octanol–water partition coefficient (Wildman–Crippen LogP) is 3.76. The molecule has 0 amide bonds. The fraction of sp³-hybridized carbons (Fsp3) is 0.611. The van der Waals surface area contributed by atoms with Crippen LogP contribution in [0.15, 0.2) is 24.3 Å². The molecule has 1 aromatic rings. The number of benzene rings is 1. The minimum Gasteiger partial charge on any atom is -0.462 e. The number of hydrogen-bond acceptors (Lipinski definition) is 3. The molecule has 4 nitrogen and oxygen atoms in total. The summed E-state index contributed by atoms with van der Waals surface area (Å²) in [7, 11) is -1.11. The summed E-state index contributed by atoms with van der Waals surface area (Å²) in [5.74, 6) is 0.209. The van der Waals surface area contributed by atoms with Crippen LogP contribution >= 0.6 is 0 Å². The summed E-state index contributed by atoms with van der Waals surface area (Å²) in [5, 5.41) is 0. The van der Waals surface area contributed by atoms with Crippen molar-refractivity contribution in [1.82, 2.24) is 4.72 Å². The molecule has 1 fully saturated rings. The maximum absolute atomic E-state index is 12.5. The van der Waals surface area contributed by atoms with Crippen molar-refractivity contribution in [2.45, 2.75) is 57.7 Å². The highest BCUT2D eigenvalue weighted by atomic mass is 32.2. The number of carbonyl (C=O) groups is 1. The van der Waals surface area contributed by atoms with Crippen molar-refractivity contribution in [3.05, 3.63) is 35.4 Å². The van der Waals surface area contributed by atoms with E-state index in [2.05, 4.69) is 4.72 Å². The van der Waals surface area contributed by atoms with Crippen molar-refractivity contribution in [3.63, 3.8) is 0 Å². The third-order valence-corrected chi connectivity index (χ3v) is 5.77. The van der Waals surface area contributed by atoms with Gasteiger partial charge in [0.15, 0.2) is 0 Å². The van der Waals surface area contributed by atoms with Gasteiger partial charge in [-0.15, -0.1) is 0 Å². The van der Waals surface area contributed by atoms with Gasteiger partial charge in [-0.2, -0.15) is 0 Å². The molecule has 2 atom stereocenters. The minimum absolute atomic E-state index is 0.0695. The first-order valence-corrected chi connectivity index (χ1v) is 9.43. The van der Waals surface area contributed by atoms with Gasteiger partial charge in [0.2, 0.25) is 0 Å². The lowest BCUT2D eigenvalue weighted by Crippen LogP contribution is -2.40. The molecule has 1 aromatic carbocycles. The first-order chi connectivity index (χ1) is 10.8. The van der Waals surface area contributed by atoms with Gasteiger partial charge in [0, 0.05) is 6.04 Å². The zero-order valence-electron chi connectivity index (χ0n) is 14.4. The molecule has 1 saturated carbocycles. The summed E-state index contributed by atoms with van der Waals surface area (Å²) < 4.78 is 20.5. The number of rotatable bonds is 6. The topological polar surface area (TPSA) is 55.4 Å². The average Bonchev–Trinajstić information content (AvgIpc) is 2.44. The van der Waals surface area contributed by atoms with Crippen LogP contribution < -0.4 is 4.72 Å². The SMILES string of the molecule is CCOC(=O)c1ccc(C(NS(=O)C(C)(C)C)C2CCC2)cc1. The molecule has 0 saturated heterocycles. The van der Waals surface area contributed by atoms with Crippen LogP contribution in [0.4, 0.5) is 0 Å². The van der Waals surface area contributed by atoms with Crippen LogP contribution in [0.3, 0.4) is 0 Å². The van der Waals surface area contributed by atoms with Gasteiger partial charge in [0.1, 0.15) is 0 Å². The molecule has 23 heavy (non-hydrogen) atoms. The van der Waals surface area contributed by atoms with Crippen LogP contribution in [0.2, 0.25) is 0 Å². The first-order valence-electron chi connectivity index (χ1n) is 8.28. The molecule has 5 heteroatoms. The Morgan fingerprint density at radius 3 is 2.35 bits per heavy atom. The van der Waals surface area contributed by atoms with E-state index in [0.29, 0.717) is 18.1 Å². The van der Waals surface area contributed by atoms with Gasteiger partial charge in [0.25, 0.3) is 0 Å². The van der Waals surface area contributed by atoms with Crippen LogP contribution in [0, 0.1) is 5.92 Å². The number of esters is 1. The lowest BCUT2D eigenvalue weighted by molar-refractivity contribution is 0.0526. The van der Waals surface area contributed by atoms with Crippen molar-refractivity contribution in [1.29, 1.82) is 0 Å². The molecular formula is C18H27NO3S. The summed E-state index contributed by atoms with van der Waals surface area (Å²) in [6.07, 6.45) is 3.53. The molecule has 1 aliphatic carbocycles. The molecule has 2 unspecified atom stereocenters.